The third-order valence-electron chi connectivity index (χ3n) is 13.0. The Balaban J connectivity index is 0.767. The Morgan fingerprint density at radius 2 is 1.67 bits per heavy atom. The Morgan fingerprint density at radius 3 is 2.40 bits per heavy atom. The molecule has 3 fully saturated rings. The smallest absolute Gasteiger partial charge is 0.255 e. The number of carbonyl (C=O) groups excluding carboxylic acids is 3. The minimum atomic E-state index is -1.34. The molecule has 4 aromatic rings. The summed E-state index contributed by atoms with van der Waals surface area (Å²) in [4.78, 5) is 61.9. The van der Waals surface area contributed by atoms with Crippen LogP contribution in [0.25, 0.3) is 10.9 Å². The van der Waals surface area contributed by atoms with E-state index in [2.05, 4.69) is 67.2 Å². The lowest BCUT2D eigenvalue weighted by molar-refractivity contribution is -0.136. The average Bonchev–Trinajstić information content (AvgIpc) is 3.73. The third kappa shape index (κ3) is 7.51. The van der Waals surface area contributed by atoms with Gasteiger partial charge in [0.2, 0.25) is 17.8 Å². The van der Waals surface area contributed by atoms with E-state index >= 15 is 4.39 Å². The van der Waals surface area contributed by atoms with Gasteiger partial charge in [-0.1, -0.05) is 18.2 Å². The first-order valence-electron chi connectivity index (χ1n) is 20.8. The number of alkyl halides is 1. The highest BCUT2D eigenvalue weighted by molar-refractivity contribution is 6.05. The number of hydrogen-bond donors (Lipinski definition) is 2. The van der Waals surface area contributed by atoms with Crippen LogP contribution >= 0.6 is 0 Å². The molecule has 5 aliphatic rings. The van der Waals surface area contributed by atoms with Gasteiger partial charge in [0.15, 0.2) is 0 Å². The van der Waals surface area contributed by atoms with E-state index in [1.165, 1.54) is 17.4 Å². The molecule has 2 N–H and O–H groups in total. The van der Waals surface area contributed by atoms with Gasteiger partial charge in [-0.15, -0.1) is 0 Å². The first-order chi connectivity index (χ1) is 27.5. The van der Waals surface area contributed by atoms with Gasteiger partial charge in [-0.3, -0.25) is 29.5 Å². The van der Waals surface area contributed by atoms with Gasteiger partial charge in [0.05, 0.1) is 6.04 Å². The van der Waals surface area contributed by atoms with E-state index in [9.17, 15) is 14.4 Å². The quantitative estimate of drug-likeness (QED) is 0.220. The van der Waals surface area contributed by atoms with Gasteiger partial charge < -0.3 is 19.7 Å². The van der Waals surface area contributed by atoms with Crippen LogP contribution in [0.3, 0.4) is 0 Å². The predicted molar refractivity (Wildman–Crippen MR) is 218 cm³/mol. The molecule has 2 aromatic heterocycles. The van der Waals surface area contributed by atoms with Gasteiger partial charge in [-0.05, 0) is 101 Å². The standard InChI is InChI=1S/C44H54FN9O3/c1-28-22-35-34-6-4-5-7-36(34)48-39(35)40(54(28)27-44(2,3)45)31-24-46-43(47-25-31)52-16-13-29(14-17-52)12-15-50-18-20-51(21-19-50)32-8-9-33-30(23-32)26-53(42(33)57)37-10-11-38(55)49-41(37)56/h4-9,23-25,28-29,37,40,48H,10-22,26-27H2,1-3H3,(H,49,55,56)/t28-,37?,40-/m1/s1. The number of H-pyrrole nitrogens is 1. The van der Waals surface area contributed by atoms with Crippen LogP contribution < -0.4 is 15.1 Å². The van der Waals surface area contributed by atoms with Crippen molar-refractivity contribution in [2.75, 3.05) is 62.2 Å². The van der Waals surface area contributed by atoms with Crippen LogP contribution in [0, 0.1) is 5.92 Å². The number of benzene rings is 2. The van der Waals surface area contributed by atoms with Crippen molar-refractivity contribution >= 4 is 40.3 Å². The van der Waals surface area contributed by atoms with E-state index in [-0.39, 0.29) is 36.2 Å². The number of piperidine rings is 2. The zero-order chi connectivity index (χ0) is 39.4. The van der Waals surface area contributed by atoms with Crippen molar-refractivity contribution in [3.05, 3.63) is 82.8 Å². The lowest BCUT2D eigenvalue weighted by Gasteiger charge is -2.42. The zero-order valence-corrected chi connectivity index (χ0v) is 33.3. The fourth-order valence-electron chi connectivity index (χ4n) is 9.96. The summed E-state index contributed by atoms with van der Waals surface area (Å²) >= 11 is 0. The molecule has 3 atom stereocenters. The Hall–Kier alpha value is -4.88. The number of imide groups is 1. The van der Waals surface area contributed by atoms with Crippen molar-refractivity contribution in [3.63, 3.8) is 0 Å². The van der Waals surface area contributed by atoms with Gasteiger partial charge in [0.1, 0.15) is 11.7 Å². The molecule has 3 saturated heterocycles. The fourth-order valence-corrected chi connectivity index (χ4v) is 9.96. The van der Waals surface area contributed by atoms with Gasteiger partial charge in [0.25, 0.3) is 5.91 Å². The Bertz CT molecular complexity index is 2150. The van der Waals surface area contributed by atoms with Crippen LogP contribution in [0.1, 0.15) is 91.7 Å². The van der Waals surface area contributed by atoms with Crippen molar-refractivity contribution in [2.24, 2.45) is 5.92 Å². The normalized spacial score (nSPS) is 24.0. The number of halogens is 1. The van der Waals surface area contributed by atoms with Crippen LogP contribution in [-0.4, -0.2) is 117 Å². The second-order valence-corrected chi connectivity index (χ2v) is 17.5. The van der Waals surface area contributed by atoms with Crippen LogP contribution in [0.5, 0.6) is 0 Å². The largest absolute Gasteiger partial charge is 0.369 e. The molecule has 2 aromatic carbocycles. The van der Waals surface area contributed by atoms with E-state index in [0.29, 0.717) is 31.0 Å². The van der Waals surface area contributed by atoms with Crippen molar-refractivity contribution in [3.8, 4) is 0 Å². The number of rotatable bonds is 9. The molecule has 5 aliphatic heterocycles. The minimum Gasteiger partial charge on any atom is -0.369 e. The van der Waals surface area contributed by atoms with Crippen LogP contribution in [0.4, 0.5) is 16.0 Å². The summed E-state index contributed by atoms with van der Waals surface area (Å²) in [5.41, 5.74) is 5.91. The molecule has 1 unspecified atom stereocenters. The number of piperazine rings is 1. The predicted octanol–water partition coefficient (Wildman–Crippen LogP) is 5.23. The molecule has 12 nitrogen and oxygen atoms in total. The molecule has 0 aliphatic carbocycles. The lowest BCUT2D eigenvalue weighted by atomic mass is 9.88. The highest BCUT2D eigenvalue weighted by Gasteiger charge is 2.41. The molecule has 0 bridgehead atoms. The summed E-state index contributed by atoms with van der Waals surface area (Å²) in [7, 11) is 0. The number of aromatic nitrogens is 3. The van der Waals surface area contributed by atoms with Gasteiger partial charge >= 0.3 is 0 Å². The summed E-state index contributed by atoms with van der Waals surface area (Å²) in [6.45, 7) is 13.1. The lowest BCUT2D eigenvalue weighted by Crippen LogP contribution is -2.52. The van der Waals surface area contributed by atoms with Crippen molar-refractivity contribution < 1.29 is 18.8 Å². The highest BCUT2D eigenvalue weighted by Crippen LogP contribution is 2.42. The van der Waals surface area contributed by atoms with E-state index in [0.717, 1.165) is 99.0 Å². The molecular weight excluding hydrogens is 722 g/mol. The maximum Gasteiger partial charge on any atom is 0.255 e. The summed E-state index contributed by atoms with van der Waals surface area (Å²) in [6, 6.07) is 13.9. The molecule has 0 radical (unpaired) electrons. The van der Waals surface area contributed by atoms with E-state index in [1.54, 1.807) is 18.7 Å². The van der Waals surface area contributed by atoms with Crippen LogP contribution in [-0.2, 0) is 22.6 Å². The summed E-state index contributed by atoms with van der Waals surface area (Å²) in [6.07, 6.45) is 8.83. The van der Waals surface area contributed by atoms with Crippen LogP contribution in [0.2, 0.25) is 0 Å². The van der Waals surface area contributed by atoms with Gasteiger partial charge in [-0.2, -0.15) is 0 Å². The number of hydrogen-bond acceptors (Lipinski definition) is 9. The molecule has 300 valence electrons. The summed E-state index contributed by atoms with van der Waals surface area (Å²) in [5.74, 6) is 0.655. The SMILES string of the molecule is C[C@@H]1Cc2c([nH]c3ccccc23)[C@@H](c2cnc(N3CCC(CCN4CCN(c5ccc6c(c5)CN(C5CCC(=O)NC5=O)C6=O)CC4)CC3)nc2)N1CC(C)(C)F. The van der Waals surface area contributed by atoms with E-state index < -0.39 is 11.7 Å². The minimum absolute atomic E-state index is 0.131. The number of amides is 3. The summed E-state index contributed by atoms with van der Waals surface area (Å²) in [5, 5.41) is 3.62. The monoisotopic (exact) mass is 775 g/mol. The highest BCUT2D eigenvalue weighted by atomic mass is 19.1. The number of nitrogens with one attached hydrogen (secondary N) is 2. The van der Waals surface area contributed by atoms with E-state index in [1.807, 2.05) is 24.5 Å². The average molecular weight is 776 g/mol. The van der Waals surface area contributed by atoms with Gasteiger partial charge in [0, 0.05) is 111 Å². The third-order valence-corrected chi connectivity index (χ3v) is 13.0. The molecule has 3 amide bonds. The molecule has 57 heavy (non-hydrogen) atoms. The topological polar surface area (TPSA) is 121 Å². The fraction of sp³-hybridized carbons (Fsp3) is 0.523. The number of fused-ring (bicyclic) bond motifs is 4. The van der Waals surface area contributed by atoms with Gasteiger partial charge in [-0.25, -0.2) is 14.4 Å². The Morgan fingerprint density at radius 1 is 0.912 bits per heavy atom. The molecule has 0 saturated carbocycles. The molecule has 13 heteroatoms. The Kier molecular flexibility index (Phi) is 10.0. The summed E-state index contributed by atoms with van der Waals surface area (Å²) < 4.78 is 15.2. The molecule has 0 spiro atoms. The first kappa shape index (κ1) is 37.7. The number of nitrogens with zero attached hydrogens (tertiary/aromatic N) is 7. The number of carbonyl (C=O) groups is 3. The molecule has 9 rings (SSSR count). The maximum absolute atomic E-state index is 15.2. The van der Waals surface area contributed by atoms with Crippen molar-refractivity contribution in [1.82, 2.24) is 35.0 Å². The number of para-hydroxylation sites is 1. The maximum atomic E-state index is 15.2. The van der Waals surface area contributed by atoms with E-state index in [4.69, 9.17) is 9.97 Å². The second-order valence-electron chi connectivity index (χ2n) is 17.5. The number of anilines is 2. The first-order valence-corrected chi connectivity index (χ1v) is 20.8. The van der Waals surface area contributed by atoms with Crippen LogP contribution in [0.15, 0.2) is 54.9 Å². The van der Waals surface area contributed by atoms with Crippen molar-refractivity contribution in [1.29, 1.82) is 0 Å². The molecule has 7 heterocycles. The number of aromatic amines is 1. The zero-order valence-electron chi connectivity index (χ0n) is 33.3. The second kappa shape index (κ2) is 15.1. The molecular formula is C44H54FN9O3. The van der Waals surface area contributed by atoms with Crippen molar-refractivity contribution in [2.45, 2.75) is 89.6 Å². The Labute approximate surface area is 333 Å².